The van der Waals surface area contributed by atoms with Gasteiger partial charge in [0.05, 0.1) is 23.4 Å². The lowest BCUT2D eigenvalue weighted by Crippen LogP contribution is -2.24. The molecule has 5 nitrogen and oxygen atoms in total. The number of carbonyl (C=O) groups excluding carboxylic acids is 1. The Morgan fingerprint density at radius 3 is 2.80 bits per heavy atom. The molecule has 2 rings (SSSR count). The maximum atomic E-state index is 11.4. The Labute approximate surface area is 87.8 Å². The van der Waals surface area contributed by atoms with Crippen molar-refractivity contribution in [3.8, 4) is 0 Å². The quantitative estimate of drug-likeness (QED) is 0.738. The number of sulfone groups is 1. The van der Waals surface area contributed by atoms with E-state index in [9.17, 15) is 13.2 Å². The zero-order valence-electron chi connectivity index (χ0n) is 8.36. The van der Waals surface area contributed by atoms with Crippen molar-refractivity contribution in [2.45, 2.75) is 18.8 Å². The van der Waals surface area contributed by atoms with Crippen LogP contribution in [0.4, 0.5) is 0 Å². The Morgan fingerprint density at radius 1 is 1.60 bits per heavy atom. The molecule has 0 amide bonds. The summed E-state index contributed by atoms with van der Waals surface area (Å²) in [7, 11) is -2.95. The van der Waals surface area contributed by atoms with Crippen molar-refractivity contribution in [3.05, 3.63) is 17.7 Å². The minimum Gasteiger partial charge on any atom is -0.339 e. The van der Waals surface area contributed by atoms with E-state index in [2.05, 4.69) is 9.97 Å². The van der Waals surface area contributed by atoms with Crippen LogP contribution in [0.15, 0.2) is 6.20 Å². The third kappa shape index (κ3) is 1.81. The van der Waals surface area contributed by atoms with Crippen LogP contribution in [0.3, 0.4) is 0 Å². The number of hydrogen-bond acceptors (Lipinski definition) is 4. The topological polar surface area (TPSA) is 79.9 Å². The van der Waals surface area contributed by atoms with Crippen LogP contribution in [-0.4, -0.2) is 36.2 Å². The molecule has 1 unspecified atom stereocenters. The first-order chi connectivity index (χ1) is 6.95. The van der Waals surface area contributed by atoms with Crippen LogP contribution in [0.5, 0.6) is 0 Å². The predicted molar refractivity (Wildman–Crippen MR) is 54.6 cm³/mol. The van der Waals surface area contributed by atoms with Crippen molar-refractivity contribution >= 4 is 16.1 Å². The first kappa shape index (κ1) is 10.4. The molecular formula is C9H12N2O3S. The van der Waals surface area contributed by atoms with Crippen molar-refractivity contribution in [3.63, 3.8) is 0 Å². The van der Waals surface area contributed by atoms with Crippen LogP contribution in [0.25, 0.3) is 0 Å². The van der Waals surface area contributed by atoms with Gasteiger partial charge in [-0.2, -0.15) is 0 Å². The molecule has 1 fully saturated rings. The Hall–Kier alpha value is -1.17. The lowest BCUT2D eigenvalue weighted by Gasteiger charge is -2.18. The highest BCUT2D eigenvalue weighted by atomic mass is 32.2. The molecule has 1 saturated heterocycles. The van der Waals surface area contributed by atoms with Crippen molar-refractivity contribution in [1.82, 2.24) is 9.97 Å². The summed E-state index contributed by atoms with van der Waals surface area (Å²) < 4.78 is 22.8. The average Bonchev–Trinajstić information content (AvgIpc) is 2.71. The first-order valence-electron chi connectivity index (χ1n) is 4.66. The average molecular weight is 228 g/mol. The number of imidazole rings is 1. The molecule has 1 aliphatic rings. The first-order valence-corrected chi connectivity index (χ1v) is 6.48. The highest BCUT2D eigenvalue weighted by Crippen LogP contribution is 2.33. The summed E-state index contributed by atoms with van der Waals surface area (Å²) in [4.78, 5) is 17.4. The van der Waals surface area contributed by atoms with Gasteiger partial charge < -0.3 is 4.98 Å². The van der Waals surface area contributed by atoms with Crippen molar-refractivity contribution in [2.24, 2.45) is 0 Å². The second-order valence-electron chi connectivity index (χ2n) is 4.21. The smallest absolute Gasteiger partial charge is 0.167 e. The molecule has 1 aromatic heterocycles. The largest absolute Gasteiger partial charge is 0.339 e. The lowest BCUT2D eigenvalue weighted by molar-refractivity contribution is 0.111. The van der Waals surface area contributed by atoms with Gasteiger partial charge in [-0.25, -0.2) is 13.4 Å². The zero-order chi connectivity index (χ0) is 11.1. The van der Waals surface area contributed by atoms with E-state index in [0.29, 0.717) is 24.2 Å². The van der Waals surface area contributed by atoms with Crippen molar-refractivity contribution in [1.29, 1.82) is 0 Å². The summed E-state index contributed by atoms with van der Waals surface area (Å²) in [6, 6.07) is 0. The molecule has 82 valence electrons. The summed E-state index contributed by atoms with van der Waals surface area (Å²) in [5.74, 6) is 0.887. The van der Waals surface area contributed by atoms with Gasteiger partial charge in [0.15, 0.2) is 16.1 Å². The number of aromatic amines is 1. The van der Waals surface area contributed by atoms with E-state index in [4.69, 9.17) is 0 Å². The van der Waals surface area contributed by atoms with E-state index in [1.54, 1.807) is 0 Å². The summed E-state index contributed by atoms with van der Waals surface area (Å²) in [6.07, 6.45) is 2.66. The Balaban J connectivity index is 2.35. The highest BCUT2D eigenvalue weighted by Gasteiger charge is 2.41. The minimum atomic E-state index is -2.95. The van der Waals surface area contributed by atoms with Crippen molar-refractivity contribution in [2.75, 3.05) is 11.5 Å². The molecule has 0 aliphatic carbocycles. The van der Waals surface area contributed by atoms with E-state index in [1.165, 1.54) is 6.20 Å². The maximum Gasteiger partial charge on any atom is 0.167 e. The molecule has 1 aliphatic heterocycles. The highest BCUT2D eigenvalue weighted by molar-refractivity contribution is 7.91. The zero-order valence-corrected chi connectivity index (χ0v) is 9.17. The molecule has 0 saturated carbocycles. The molecule has 1 aromatic rings. The molecule has 2 heterocycles. The summed E-state index contributed by atoms with van der Waals surface area (Å²) in [6.45, 7) is 1.85. The number of hydrogen-bond donors (Lipinski definition) is 1. The standard InChI is InChI=1S/C9H12N2O3S/c1-9(2-3-15(13,14)6-9)8-10-4-7(5-12)11-8/h4-5H,2-3,6H2,1H3,(H,10,11). The van der Waals surface area contributed by atoms with Crippen LogP contribution in [0.2, 0.25) is 0 Å². The fourth-order valence-electron chi connectivity index (χ4n) is 1.90. The third-order valence-corrected chi connectivity index (χ3v) is 4.70. The van der Waals surface area contributed by atoms with E-state index in [0.717, 1.165) is 0 Å². The molecule has 1 atom stereocenters. The minimum absolute atomic E-state index is 0.103. The van der Waals surface area contributed by atoms with Gasteiger partial charge in [0, 0.05) is 5.41 Å². The van der Waals surface area contributed by atoms with Gasteiger partial charge in [0.2, 0.25) is 0 Å². The van der Waals surface area contributed by atoms with Gasteiger partial charge >= 0.3 is 0 Å². The number of nitrogens with one attached hydrogen (secondary N) is 1. The second kappa shape index (κ2) is 3.16. The molecule has 0 aromatic carbocycles. The number of nitrogens with zero attached hydrogens (tertiary/aromatic N) is 1. The summed E-state index contributed by atoms with van der Waals surface area (Å²) in [5.41, 5.74) is -0.0874. The third-order valence-electron chi connectivity index (χ3n) is 2.80. The van der Waals surface area contributed by atoms with E-state index in [1.807, 2.05) is 6.92 Å². The lowest BCUT2D eigenvalue weighted by atomic mass is 9.89. The predicted octanol–water partition coefficient (Wildman–Crippen LogP) is 0.298. The monoisotopic (exact) mass is 228 g/mol. The Kier molecular flexibility index (Phi) is 2.18. The van der Waals surface area contributed by atoms with Gasteiger partial charge in [-0.3, -0.25) is 4.79 Å². The van der Waals surface area contributed by atoms with Crippen LogP contribution < -0.4 is 0 Å². The van der Waals surface area contributed by atoms with Gasteiger partial charge in [-0.1, -0.05) is 6.92 Å². The van der Waals surface area contributed by atoms with E-state index < -0.39 is 15.3 Å². The van der Waals surface area contributed by atoms with E-state index >= 15 is 0 Å². The molecule has 1 N–H and O–H groups in total. The fourth-order valence-corrected chi connectivity index (χ4v) is 4.06. The van der Waals surface area contributed by atoms with Crippen LogP contribution in [0, 0.1) is 0 Å². The molecule has 0 spiro atoms. The normalized spacial score (nSPS) is 29.1. The number of aldehydes is 1. The number of H-pyrrole nitrogens is 1. The summed E-state index contributed by atoms with van der Waals surface area (Å²) in [5, 5.41) is 0. The van der Waals surface area contributed by atoms with Crippen LogP contribution >= 0.6 is 0 Å². The molecule has 15 heavy (non-hydrogen) atoms. The van der Waals surface area contributed by atoms with Crippen molar-refractivity contribution < 1.29 is 13.2 Å². The van der Waals surface area contributed by atoms with Gasteiger partial charge in [0.1, 0.15) is 5.82 Å². The maximum absolute atomic E-state index is 11.4. The second-order valence-corrected chi connectivity index (χ2v) is 6.39. The number of carbonyl (C=O) groups is 1. The molecule has 0 bridgehead atoms. The number of rotatable bonds is 2. The molecule has 0 radical (unpaired) electrons. The Bertz CT molecular complexity index is 491. The molecule has 6 heteroatoms. The van der Waals surface area contributed by atoms with Gasteiger partial charge in [0.25, 0.3) is 0 Å². The summed E-state index contributed by atoms with van der Waals surface area (Å²) >= 11 is 0. The van der Waals surface area contributed by atoms with Crippen LogP contribution in [0.1, 0.15) is 29.7 Å². The SMILES string of the molecule is CC1(c2ncc(C=O)[nH]2)CCS(=O)(=O)C1. The van der Waals surface area contributed by atoms with Crippen LogP contribution in [-0.2, 0) is 15.3 Å². The fraction of sp³-hybridized carbons (Fsp3) is 0.556. The number of aromatic nitrogens is 2. The van der Waals surface area contributed by atoms with Gasteiger partial charge in [-0.15, -0.1) is 0 Å². The van der Waals surface area contributed by atoms with Gasteiger partial charge in [-0.05, 0) is 6.42 Å². The van der Waals surface area contributed by atoms with E-state index in [-0.39, 0.29) is 11.5 Å². The Morgan fingerprint density at radius 2 is 2.33 bits per heavy atom. The molecular weight excluding hydrogens is 216 g/mol.